The molecule has 29 heavy (non-hydrogen) atoms. The number of hydrogen-bond donors (Lipinski definition) is 2. The summed E-state index contributed by atoms with van der Waals surface area (Å²) in [5, 5.41) is 0. The summed E-state index contributed by atoms with van der Waals surface area (Å²) in [7, 11) is 0. The molecule has 1 heterocycles. The van der Waals surface area contributed by atoms with E-state index in [4.69, 9.17) is 0 Å². The summed E-state index contributed by atoms with van der Waals surface area (Å²) >= 11 is 0. The Hall–Kier alpha value is -3.21. The zero-order valence-electron chi connectivity index (χ0n) is 16.3. The van der Waals surface area contributed by atoms with E-state index in [1.807, 2.05) is 37.3 Å². The number of H-pyrrole nitrogens is 2. The lowest BCUT2D eigenvalue weighted by atomic mass is 9.82. The summed E-state index contributed by atoms with van der Waals surface area (Å²) in [6.45, 7) is 1.98. The van der Waals surface area contributed by atoms with Crippen molar-refractivity contribution in [1.82, 2.24) is 9.97 Å². The van der Waals surface area contributed by atoms with Gasteiger partial charge >= 0.3 is 5.69 Å². The van der Waals surface area contributed by atoms with Crippen LogP contribution in [0.4, 0.5) is 4.39 Å². The van der Waals surface area contributed by atoms with Crippen molar-refractivity contribution >= 4 is 5.57 Å². The summed E-state index contributed by atoms with van der Waals surface area (Å²) in [5.41, 5.74) is 4.65. The standard InChI is InChI=1S/C24H23FN2O2/c1-15-7-12-19(25)14-20(15)17-8-10-18(11-9-17)22-21(23(28)27-24(29)26-22)13-16-5-3-2-4-6-16/h2-8,12,14,18H,9-11,13H2,1H3,(H2,26,27,28,29). The van der Waals surface area contributed by atoms with E-state index in [1.165, 1.54) is 6.07 Å². The Kier molecular flexibility index (Phi) is 5.30. The predicted molar refractivity (Wildman–Crippen MR) is 113 cm³/mol. The number of aryl methyl sites for hydroxylation is 1. The summed E-state index contributed by atoms with van der Waals surface area (Å²) in [6.07, 6.45) is 4.85. The fourth-order valence-corrected chi connectivity index (χ4v) is 4.13. The van der Waals surface area contributed by atoms with Crippen molar-refractivity contribution in [1.29, 1.82) is 0 Å². The summed E-state index contributed by atoms with van der Waals surface area (Å²) in [4.78, 5) is 29.7. The van der Waals surface area contributed by atoms with Crippen molar-refractivity contribution in [3.63, 3.8) is 0 Å². The topological polar surface area (TPSA) is 65.7 Å². The van der Waals surface area contributed by atoms with Gasteiger partial charge in [-0.3, -0.25) is 9.78 Å². The lowest BCUT2D eigenvalue weighted by Gasteiger charge is -2.24. The molecule has 4 nitrogen and oxygen atoms in total. The van der Waals surface area contributed by atoms with E-state index in [0.29, 0.717) is 24.1 Å². The van der Waals surface area contributed by atoms with Gasteiger partial charge in [0, 0.05) is 23.6 Å². The third-order valence-corrected chi connectivity index (χ3v) is 5.66. The number of allylic oxidation sites excluding steroid dienone is 2. The van der Waals surface area contributed by atoms with Gasteiger partial charge in [-0.1, -0.05) is 42.5 Å². The van der Waals surface area contributed by atoms with Crippen molar-refractivity contribution in [3.05, 3.63) is 109 Å². The third kappa shape index (κ3) is 4.14. The molecule has 0 bridgehead atoms. The lowest BCUT2D eigenvalue weighted by molar-refractivity contribution is 0.594. The van der Waals surface area contributed by atoms with Crippen LogP contribution in [0.5, 0.6) is 0 Å². The van der Waals surface area contributed by atoms with Gasteiger partial charge in [-0.2, -0.15) is 0 Å². The van der Waals surface area contributed by atoms with Gasteiger partial charge in [0.1, 0.15) is 5.82 Å². The number of rotatable bonds is 4. The highest BCUT2D eigenvalue weighted by Gasteiger charge is 2.23. The van der Waals surface area contributed by atoms with E-state index in [-0.39, 0.29) is 17.3 Å². The molecule has 0 saturated heterocycles. The molecule has 4 rings (SSSR count). The van der Waals surface area contributed by atoms with Gasteiger partial charge in [-0.05, 0) is 60.6 Å². The fraction of sp³-hybridized carbons (Fsp3) is 0.250. The number of aromatic nitrogens is 2. The molecule has 0 spiro atoms. The second-order valence-electron chi connectivity index (χ2n) is 7.62. The molecule has 0 radical (unpaired) electrons. The minimum Gasteiger partial charge on any atom is -0.311 e. The number of halogens is 1. The van der Waals surface area contributed by atoms with E-state index in [1.54, 1.807) is 12.1 Å². The van der Waals surface area contributed by atoms with Gasteiger partial charge in [0.25, 0.3) is 5.56 Å². The largest absolute Gasteiger partial charge is 0.325 e. The molecule has 0 amide bonds. The SMILES string of the molecule is Cc1ccc(F)cc1C1=CCC(c2[nH]c(=O)[nH]c(=O)c2Cc2ccccc2)CC1. The average molecular weight is 390 g/mol. The van der Waals surface area contributed by atoms with Crippen LogP contribution in [-0.4, -0.2) is 9.97 Å². The van der Waals surface area contributed by atoms with Crippen molar-refractivity contribution in [2.24, 2.45) is 0 Å². The van der Waals surface area contributed by atoms with Gasteiger partial charge in [0.05, 0.1) is 0 Å². The zero-order chi connectivity index (χ0) is 20.4. The second-order valence-corrected chi connectivity index (χ2v) is 7.62. The van der Waals surface area contributed by atoms with Crippen molar-refractivity contribution in [2.45, 2.75) is 38.5 Å². The minimum atomic E-state index is -0.474. The van der Waals surface area contributed by atoms with Crippen molar-refractivity contribution in [3.8, 4) is 0 Å². The van der Waals surface area contributed by atoms with Crippen LogP contribution < -0.4 is 11.2 Å². The van der Waals surface area contributed by atoms with Crippen LogP contribution in [0.15, 0.2) is 64.2 Å². The van der Waals surface area contributed by atoms with Crippen LogP contribution in [0.2, 0.25) is 0 Å². The van der Waals surface area contributed by atoms with E-state index in [2.05, 4.69) is 16.0 Å². The van der Waals surface area contributed by atoms with Gasteiger partial charge in [0.15, 0.2) is 0 Å². The number of benzene rings is 2. The number of aromatic amines is 2. The van der Waals surface area contributed by atoms with Crippen LogP contribution in [0.1, 0.15) is 53.1 Å². The predicted octanol–water partition coefficient (Wildman–Crippen LogP) is 4.45. The van der Waals surface area contributed by atoms with Gasteiger partial charge in [-0.15, -0.1) is 0 Å². The molecule has 1 aliphatic rings. The zero-order valence-corrected chi connectivity index (χ0v) is 16.3. The van der Waals surface area contributed by atoms with E-state index >= 15 is 0 Å². The highest BCUT2D eigenvalue weighted by Crippen LogP contribution is 2.37. The maximum absolute atomic E-state index is 13.7. The summed E-state index contributed by atoms with van der Waals surface area (Å²) in [6, 6.07) is 14.6. The smallest absolute Gasteiger partial charge is 0.311 e. The molecule has 2 N–H and O–H groups in total. The summed E-state index contributed by atoms with van der Waals surface area (Å²) < 4.78 is 13.7. The van der Waals surface area contributed by atoms with Crippen LogP contribution >= 0.6 is 0 Å². The van der Waals surface area contributed by atoms with Crippen LogP contribution in [0.3, 0.4) is 0 Å². The second kappa shape index (κ2) is 8.03. The molecule has 0 saturated carbocycles. The maximum atomic E-state index is 13.7. The Morgan fingerprint density at radius 3 is 2.59 bits per heavy atom. The first-order chi connectivity index (χ1) is 14.0. The quantitative estimate of drug-likeness (QED) is 0.691. The van der Waals surface area contributed by atoms with Gasteiger partial charge in [0.2, 0.25) is 0 Å². The molecule has 1 aliphatic carbocycles. The van der Waals surface area contributed by atoms with Gasteiger partial charge in [-0.25, -0.2) is 9.18 Å². The normalized spacial score (nSPS) is 16.5. The molecule has 1 unspecified atom stereocenters. The minimum absolute atomic E-state index is 0.0568. The van der Waals surface area contributed by atoms with E-state index in [9.17, 15) is 14.0 Å². The maximum Gasteiger partial charge on any atom is 0.325 e. The van der Waals surface area contributed by atoms with Crippen LogP contribution in [0.25, 0.3) is 5.57 Å². The number of hydrogen-bond acceptors (Lipinski definition) is 2. The van der Waals surface area contributed by atoms with E-state index < -0.39 is 5.69 Å². The Balaban J connectivity index is 1.66. The Labute approximate surface area is 168 Å². The average Bonchev–Trinajstić information content (AvgIpc) is 2.72. The first-order valence-corrected chi connectivity index (χ1v) is 9.86. The Bertz CT molecular complexity index is 1180. The molecule has 0 fully saturated rings. The molecule has 2 aromatic carbocycles. The Morgan fingerprint density at radius 1 is 1.07 bits per heavy atom. The first kappa shape index (κ1) is 19.1. The van der Waals surface area contributed by atoms with Gasteiger partial charge < -0.3 is 4.98 Å². The molecule has 1 atom stereocenters. The molecular formula is C24H23FN2O2. The van der Waals surface area contributed by atoms with Crippen molar-refractivity contribution < 1.29 is 4.39 Å². The first-order valence-electron chi connectivity index (χ1n) is 9.86. The van der Waals surface area contributed by atoms with Crippen LogP contribution in [-0.2, 0) is 6.42 Å². The highest BCUT2D eigenvalue weighted by atomic mass is 19.1. The molecule has 0 aliphatic heterocycles. The molecular weight excluding hydrogens is 367 g/mol. The van der Waals surface area contributed by atoms with E-state index in [0.717, 1.165) is 35.1 Å². The molecule has 1 aromatic heterocycles. The number of nitrogens with one attached hydrogen (secondary N) is 2. The third-order valence-electron chi connectivity index (χ3n) is 5.66. The molecule has 3 aromatic rings. The Morgan fingerprint density at radius 2 is 1.86 bits per heavy atom. The highest BCUT2D eigenvalue weighted by molar-refractivity contribution is 5.69. The fourth-order valence-electron chi connectivity index (χ4n) is 4.13. The monoisotopic (exact) mass is 390 g/mol. The molecule has 5 heteroatoms. The lowest BCUT2D eigenvalue weighted by Crippen LogP contribution is -2.30. The summed E-state index contributed by atoms with van der Waals surface area (Å²) in [5.74, 6) is -0.181. The molecule has 148 valence electrons. The van der Waals surface area contributed by atoms with Crippen molar-refractivity contribution in [2.75, 3.05) is 0 Å². The van der Waals surface area contributed by atoms with Crippen LogP contribution in [0, 0.1) is 12.7 Å².